The van der Waals surface area contributed by atoms with Gasteiger partial charge in [-0.05, 0) is 11.8 Å². The molecule has 0 aromatic carbocycles. The van der Waals surface area contributed by atoms with Gasteiger partial charge in [0.15, 0.2) is 6.10 Å². The Morgan fingerprint density at radius 1 is 1.33 bits per heavy atom. The predicted molar refractivity (Wildman–Crippen MR) is 67.9 cm³/mol. The second-order valence-electron chi connectivity index (χ2n) is 5.72. The quantitative estimate of drug-likeness (QED) is 0.518. The summed E-state index contributed by atoms with van der Waals surface area (Å²) in [5, 5.41) is 20.0. The maximum absolute atomic E-state index is 11.5. The van der Waals surface area contributed by atoms with Crippen LogP contribution in [0.2, 0.25) is 0 Å². The predicted octanol–water partition coefficient (Wildman–Crippen LogP) is 0.0918. The molecule has 0 aliphatic heterocycles. The van der Waals surface area contributed by atoms with Crippen LogP contribution in [0, 0.1) is 5.41 Å². The van der Waals surface area contributed by atoms with Gasteiger partial charge in [0.1, 0.15) is 0 Å². The van der Waals surface area contributed by atoms with E-state index < -0.39 is 12.1 Å². The van der Waals surface area contributed by atoms with E-state index in [1.807, 2.05) is 20.8 Å². The fraction of sp³-hybridized carbons (Fsp3) is 0.833. The highest BCUT2D eigenvalue weighted by atomic mass is 16.4. The van der Waals surface area contributed by atoms with Crippen molar-refractivity contribution < 1.29 is 19.8 Å². The molecule has 0 aliphatic rings. The summed E-state index contributed by atoms with van der Waals surface area (Å²) in [6.07, 6.45) is -0.498. The van der Waals surface area contributed by atoms with Crippen molar-refractivity contribution in [3.8, 4) is 0 Å². The minimum atomic E-state index is -1.44. The van der Waals surface area contributed by atoms with Crippen LogP contribution in [0.25, 0.3) is 0 Å². The van der Waals surface area contributed by atoms with Crippen molar-refractivity contribution in [1.82, 2.24) is 5.32 Å². The molecule has 5 N–H and O–H groups in total. The number of amides is 1. The number of aliphatic hydroxyl groups excluding tert-OH is 1. The van der Waals surface area contributed by atoms with E-state index in [1.54, 1.807) is 0 Å². The van der Waals surface area contributed by atoms with Crippen LogP contribution < -0.4 is 11.1 Å². The van der Waals surface area contributed by atoms with E-state index in [0.717, 1.165) is 6.42 Å². The van der Waals surface area contributed by atoms with Gasteiger partial charge in [-0.25, -0.2) is 4.79 Å². The Morgan fingerprint density at radius 3 is 2.33 bits per heavy atom. The zero-order chi connectivity index (χ0) is 14.3. The maximum atomic E-state index is 11.5. The fourth-order valence-corrected chi connectivity index (χ4v) is 1.64. The van der Waals surface area contributed by atoms with Crippen LogP contribution >= 0.6 is 0 Å². The Labute approximate surface area is 108 Å². The van der Waals surface area contributed by atoms with Crippen molar-refractivity contribution in [2.45, 2.75) is 52.2 Å². The topological polar surface area (TPSA) is 113 Å². The molecule has 106 valence electrons. The van der Waals surface area contributed by atoms with Crippen LogP contribution in [0.3, 0.4) is 0 Å². The van der Waals surface area contributed by atoms with Gasteiger partial charge in [0.25, 0.3) is 0 Å². The molecule has 0 fully saturated rings. The van der Waals surface area contributed by atoms with Gasteiger partial charge in [-0.15, -0.1) is 0 Å². The molecule has 0 aliphatic carbocycles. The van der Waals surface area contributed by atoms with E-state index in [4.69, 9.17) is 15.9 Å². The van der Waals surface area contributed by atoms with Crippen LogP contribution in [-0.2, 0) is 9.59 Å². The van der Waals surface area contributed by atoms with E-state index in [-0.39, 0.29) is 36.8 Å². The molecular formula is C12H24N2O4. The lowest BCUT2D eigenvalue weighted by atomic mass is 9.87. The van der Waals surface area contributed by atoms with Crippen LogP contribution in [0.1, 0.15) is 40.0 Å². The number of aliphatic hydroxyl groups is 1. The molecule has 0 heterocycles. The summed E-state index contributed by atoms with van der Waals surface area (Å²) in [4.78, 5) is 21.8. The highest BCUT2D eigenvalue weighted by molar-refractivity contribution is 5.76. The molecule has 1 unspecified atom stereocenters. The SMILES string of the molecule is CC(C)(C)CC(N)CC(=O)NCC[C@H](O)C(=O)O. The lowest BCUT2D eigenvalue weighted by Gasteiger charge is -2.22. The molecule has 0 saturated carbocycles. The standard InChI is InChI=1S/C12H24N2O4/c1-12(2,3)7-8(13)6-10(16)14-5-4-9(15)11(17)18/h8-9,15H,4-7,13H2,1-3H3,(H,14,16)(H,17,18)/t8?,9-/m0/s1. The number of hydrogen-bond acceptors (Lipinski definition) is 4. The number of carbonyl (C=O) groups excluding carboxylic acids is 1. The monoisotopic (exact) mass is 260 g/mol. The normalized spacial score (nSPS) is 14.9. The number of carboxylic acids is 1. The summed E-state index contributed by atoms with van der Waals surface area (Å²) in [7, 11) is 0. The van der Waals surface area contributed by atoms with Crippen molar-refractivity contribution in [3.63, 3.8) is 0 Å². The van der Waals surface area contributed by atoms with Gasteiger partial charge in [0.2, 0.25) is 5.91 Å². The molecule has 0 rings (SSSR count). The summed E-state index contributed by atoms with van der Waals surface area (Å²) in [6, 6.07) is -0.214. The van der Waals surface area contributed by atoms with Gasteiger partial charge in [0, 0.05) is 25.4 Å². The Hall–Kier alpha value is -1.14. The summed E-state index contributed by atoms with van der Waals surface area (Å²) < 4.78 is 0. The Kier molecular flexibility index (Phi) is 6.86. The second kappa shape index (κ2) is 7.33. The first-order valence-electron chi connectivity index (χ1n) is 6.05. The van der Waals surface area contributed by atoms with Crippen molar-refractivity contribution in [2.75, 3.05) is 6.54 Å². The van der Waals surface area contributed by atoms with E-state index in [9.17, 15) is 9.59 Å². The molecule has 2 atom stereocenters. The van der Waals surface area contributed by atoms with Crippen molar-refractivity contribution in [1.29, 1.82) is 0 Å². The first kappa shape index (κ1) is 16.9. The average molecular weight is 260 g/mol. The highest BCUT2D eigenvalue weighted by Gasteiger charge is 2.18. The Morgan fingerprint density at radius 2 is 1.89 bits per heavy atom. The first-order valence-corrected chi connectivity index (χ1v) is 6.05. The smallest absolute Gasteiger partial charge is 0.332 e. The van der Waals surface area contributed by atoms with Crippen LogP contribution in [0.4, 0.5) is 0 Å². The van der Waals surface area contributed by atoms with Gasteiger partial charge in [-0.1, -0.05) is 20.8 Å². The average Bonchev–Trinajstić information content (AvgIpc) is 2.13. The number of hydrogen-bond donors (Lipinski definition) is 4. The van der Waals surface area contributed by atoms with Gasteiger partial charge < -0.3 is 21.3 Å². The number of aliphatic carboxylic acids is 1. The van der Waals surface area contributed by atoms with E-state index in [1.165, 1.54) is 0 Å². The molecule has 0 bridgehead atoms. The molecule has 0 radical (unpaired) electrons. The summed E-state index contributed by atoms with van der Waals surface area (Å²) in [6.45, 7) is 6.28. The second-order valence-corrected chi connectivity index (χ2v) is 5.72. The lowest BCUT2D eigenvalue weighted by molar-refractivity contribution is -0.147. The molecule has 0 spiro atoms. The number of carboxylic acid groups (broad SMARTS) is 1. The molecule has 6 nitrogen and oxygen atoms in total. The van der Waals surface area contributed by atoms with Gasteiger partial charge >= 0.3 is 5.97 Å². The maximum Gasteiger partial charge on any atom is 0.332 e. The first-order chi connectivity index (χ1) is 8.11. The number of nitrogens with two attached hydrogens (primary N) is 1. The summed E-state index contributed by atoms with van der Waals surface area (Å²) >= 11 is 0. The van der Waals surface area contributed by atoms with Crippen molar-refractivity contribution in [2.24, 2.45) is 11.1 Å². The molecule has 0 aromatic heterocycles. The van der Waals surface area contributed by atoms with Crippen molar-refractivity contribution in [3.05, 3.63) is 0 Å². The molecule has 18 heavy (non-hydrogen) atoms. The zero-order valence-corrected chi connectivity index (χ0v) is 11.3. The Balaban J connectivity index is 3.81. The minimum absolute atomic E-state index is 0.00438. The summed E-state index contributed by atoms with van der Waals surface area (Å²) in [5.74, 6) is -1.50. The highest BCUT2D eigenvalue weighted by Crippen LogP contribution is 2.20. The molecule has 1 amide bonds. The van der Waals surface area contributed by atoms with Crippen LogP contribution in [-0.4, -0.2) is 40.8 Å². The third-order valence-electron chi connectivity index (χ3n) is 2.35. The van der Waals surface area contributed by atoms with Crippen LogP contribution in [0.5, 0.6) is 0 Å². The van der Waals surface area contributed by atoms with E-state index in [0.29, 0.717) is 0 Å². The fourth-order valence-electron chi connectivity index (χ4n) is 1.64. The van der Waals surface area contributed by atoms with Gasteiger partial charge in [-0.2, -0.15) is 0 Å². The largest absolute Gasteiger partial charge is 0.479 e. The molecule has 0 aromatic rings. The molecule has 0 saturated heterocycles. The molecule has 6 heteroatoms. The number of nitrogens with one attached hydrogen (secondary N) is 1. The van der Waals surface area contributed by atoms with Gasteiger partial charge in [0.05, 0.1) is 0 Å². The zero-order valence-electron chi connectivity index (χ0n) is 11.3. The Bertz CT molecular complexity index is 286. The van der Waals surface area contributed by atoms with E-state index >= 15 is 0 Å². The third-order valence-corrected chi connectivity index (χ3v) is 2.35. The summed E-state index contributed by atoms with van der Waals surface area (Å²) in [5.41, 5.74) is 5.90. The number of carbonyl (C=O) groups is 2. The molecular weight excluding hydrogens is 236 g/mol. The van der Waals surface area contributed by atoms with E-state index in [2.05, 4.69) is 5.32 Å². The van der Waals surface area contributed by atoms with Crippen molar-refractivity contribution >= 4 is 11.9 Å². The lowest BCUT2D eigenvalue weighted by Crippen LogP contribution is -2.35. The van der Waals surface area contributed by atoms with Gasteiger partial charge in [-0.3, -0.25) is 4.79 Å². The third kappa shape index (κ3) is 8.95. The van der Waals surface area contributed by atoms with Crippen LogP contribution in [0.15, 0.2) is 0 Å². The number of rotatable bonds is 7. The minimum Gasteiger partial charge on any atom is -0.479 e.